The highest BCUT2D eigenvalue weighted by atomic mass is 79.9. The van der Waals surface area contributed by atoms with Gasteiger partial charge in [-0.1, -0.05) is 17.7 Å². The summed E-state index contributed by atoms with van der Waals surface area (Å²) in [5, 5.41) is 1.26. The quantitative estimate of drug-likeness (QED) is 0.367. The van der Waals surface area contributed by atoms with Crippen molar-refractivity contribution in [3.63, 3.8) is 0 Å². The lowest BCUT2D eigenvalue weighted by Gasteiger charge is -2.49. The van der Waals surface area contributed by atoms with E-state index in [4.69, 9.17) is 21.1 Å². The van der Waals surface area contributed by atoms with Crippen LogP contribution in [-0.2, 0) is 29.1 Å². The van der Waals surface area contributed by atoms with Gasteiger partial charge in [0.1, 0.15) is 4.21 Å². The van der Waals surface area contributed by atoms with E-state index in [-0.39, 0.29) is 42.6 Å². The molecule has 0 N–H and O–H groups in total. The Morgan fingerprint density at radius 2 is 1.75 bits per heavy atom. The number of carbonyl (C=O) groups is 2. The molecule has 1 aliphatic heterocycles. The van der Waals surface area contributed by atoms with Crippen molar-refractivity contribution in [1.29, 1.82) is 0 Å². The number of anilines is 1. The fourth-order valence-electron chi connectivity index (χ4n) is 4.19. The molecule has 0 saturated carbocycles. The van der Waals surface area contributed by atoms with Crippen LogP contribution >= 0.6 is 38.9 Å². The molecule has 0 radical (unpaired) electrons. The number of hydrogen-bond acceptors (Lipinski definition) is 10. The van der Waals surface area contributed by atoms with Crippen LogP contribution in [0.2, 0.25) is 5.02 Å². The van der Waals surface area contributed by atoms with E-state index in [1.54, 1.807) is 29.2 Å². The molecule has 192 valence electrons. The third-order valence-corrected chi connectivity index (χ3v) is 9.96. The number of piperazine rings is 1. The van der Waals surface area contributed by atoms with Gasteiger partial charge < -0.3 is 14.4 Å². The molecule has 0 aliphatic carbocycles. The van der Waals surface area contributed by atoms with Crippen LogP contribution in [0.4, 0.5) is 5.95 Å². The number of methoxy groups -OCH3 is 2. The summed E-state index contributed by atoms with van der Waals surface area (Å²) >= 11 is 10.5. The van der Waals surface area contributed by atoms with Crippen molar-refractivity contribution in [2.45, 2.75) is 22.6 Å². The minimum atomic E-state index is -3.98. The molecule has 36 heavy (non-hydrogen) atoms. The number of sulfonamides is 1. The highest BCUT2D eigenvalue weighted by molar-refractivity contribution is 9.10. The highest BCUT2D eigenvalue weighted by Crippen LogP contribution is 2.38. The smallest absolute Gasteiger partial charge is 0.307 e. The lowest BCUT2D eigenvalue weighted by Crippen LogP contribution is -2.65. The average molecular weight is 618 g/mol. The van der Waals surface area contributed by atoms with Crippen LogP contribution in [0.25, 0.3) is 10.1 Å². The summed E-state index contributed by atoms with van der Waals surface area (Å²) in [4.78, 5) is 35.4. The molecule has 2 aromatic heterocycles. The molecule has 0 unspecified atom stereocenters. The molecule has 3 aromatic rings. The van der Waals surface area contributed by atoms with Gasteiger partial charge in [-0.3, -0.25) is 9.59 Å². The lowest BCUT2D eigenvalue weighted by molar-refractivity contribution is -0.145. The summed E-state index contributed by atoms with van der Waals surface area (Å²) < 4.78 is 40.1. The second-order valence-corrected chi connectivity index (χ2v) is 12.8. The van der Waals surface area contributed by atoms with Gasteiger partial charge in [0.15, 0.2) is 0 Å². The molecule has 0 bridgehead atoms. The fourth-order valence-corrected chi connectivity index (χ4v) is 7.73. The summed E-state index contributed by atoms with van der Waals surface area (Å²) in [6.45, 7) is 0.0282. The van der Waals surface area contributed by atoms with Gasteiger partial charge in [0, 0.05) is 41.8 Å². The summed E-state index contributed by atoms with van der Waals surface area (Å²) in [6, 6.07) is 6.76. The Hall–Kier alpha value is -2.32. The molecular formula is C22H22BrClN4O6S2. The van der Waals surface area contributed by atoms with Gasteiger partial charge >= 0.3 is 11.9 Å². The van der Waals surface area contributed by atoms with Gasteiger partial charge in [-0.2, -0.15) is 4.31 Å². The maximum Gasteiger partial charge on any atom is 0.307 e. The van der Waals surface area contributed by atoms with Crippen LogP contribution in [0.15, 0.2) is 45.3 Å². The van der Waals surface area contributed by atoms with E-state index >= 15 is 0 Å². The Labute approximate surface area is 225 Å². The molecule has 0 amide bonds. The summed E-state index contributed by atoms with van der Waals surface area (Å²) in [6.07, 6.45) is 2.50. The van der Waals surface area contributed by atoms with E-state index in [1.165, 1.54) is 30.9 Å². The monoisotopic (exact) mass is 616 g/mol. The lowest BCUT2D eigenvalue weighted by atomic mass is 9.87. The molecular weight excluding hydrogens is 596 g/mol. The first-order valence-electron chi connectivity index (χ1n) is 10.7. The summed E-state index contributed by atoms with van der Waals surface area (Å²) in [5.41, 5.74) is -1.35. The van der Waals surface area contributed by atoms with Crippen LogP contribution in [0, 0.1) is 0 Å². The van der Waals surface area contributed by atoms with E-state index in [9.17, 15) is 18.0 Å². The van der Waals surface area contributed by atoms with Crippen molar-refractivity contribution < 1.29 is 27.5 Å². The van der Waals surface area contributed by atoms with E-state index in [1.807, 2.05) is 0 Å². The van der Waals surface area contributed by atoms with E-state index in [2.05, 4.69) is 25.9 Å². The van der Waals surface area contributed by atoms with Crippen LogP contribution < -0.4 is 4.90 Å². The zero-order chi connectivity index (χ0) is 26.1. The Kier molecular flexibility index (Phi) is 7.86. The van der Waals surface area contributed by atoms with Gasteiger partial charge in [0.25, 0.3) is 10.0 Å². The van der Waals surface area contributed by atoms with Gasteiger partial charge in [0.2, 0.25) is 5.95 Å². The Morgan fingerprint density at radius 1 is 1.11 bits per heavy atom. The van der Waals surface area contributed by atoms with Crippen molar-refractivity contribution >= 4 is 76.9 Å². The first kappa shape index (κ1) is 26.7. The second-order valence-electron chi connectivity index (χ2n) is 8.17. The zero-order valence-corrected chi connectivity index (χ0v) is 23.3. The predicted molar refractivity (Wildman–Crippen MR) is 139 cm³/mol. The normalized spacial score (nSPS) is 16.2. The summed E-state index contributed by atoms with van der Waals surface area (Å²) in [7, 11) is -1.51. The molecule has 14 heteroatoms. The topological polar surface area (TPSA) is 119 Å². The number of ether oxygens (including phenoxy) is 2. The number of aromatic nitrogens is 2. The number of nitrogens with zero attached hydrogens (tertiary/aromatic N) is 4. The number of fused-ring (bicyclic) bond motifs is 1. The number of halogens is 2. The molecule has 0 spiro atoms. The molecule has 3 heterocycles. The van der Waals surface area contributed by atoms with Crippen LogP contribution in [-0.4, -0.2) is 74.0 Å². The fraction of sp³-hybridized carbons (Fsp3) is 0.364. The van der Waals surface area contributed by atoms with Gasteiger partial charge in [-0.25, -0.2) is 18.4 Å². The predicted octanol–water partition coefficient (Wildman–Crippen LogP) is 3.48. The third-order valence-electron chi connectivity index (χ3n) is 5.92. The van der Waals surface area contributed by atoms with Crippen LogP contribution in [0.3, 0.4) is 0 Å². The third kappa shape index (κ3) is 5.35. The number of carbonyl (C=O) groups excluding carboxylic acids is 2. The van der Waals surface area contributed by atoms with Crippen molar-refractivity contribution in [2.75, 3.05) is 38.8 Å². The standard InChI is InChI=1S/C22H22BrClN4O6S2/c1-33-18(29)9-22(10-19(30)34-2)13-27(5-6-28(22)21-25-11-15(23)12-26-21)36(31,32)20-7-14-3-4-16(24)8-17(14)35-20/h3-4,7-8,11-12H,5-6,9-10,13H2,1-2H3. The van der Waals surface area contributed by atoms with Crippen molar-refractivity contribution in [3.8, 4) is 0 Å². The summed E-state index contributed by atoms with van der Waals surface area (Å²) in [5.74, 6) is -0.979. The first-order chi connectivity index (χ1) is 17.1. The van der Waals surface area contributed by atoms with Crippen molar-refractivity contribution in [1.82, 2.24) is 14.3 Å². The van der Waals surface area contributed by atoms with Crippen molar-refractivity contribution in [2.24, 2.45) is 0 Å². The number of hydrogen-bond donors (Lipinski definition) is 0. The van der Waals surface area contributed by atoms with Crippen molar-refractivity contribution in [3.05, 3.63) is 46.2 Å². The number of benzene rings is 1. The Bertz CT molecular complexity index is 1380. The zero-order valence-electron chi connectivity index (χ0n) is 19.3. The van der Waals surface area contributed by atoms with E-state index in [0.29, 0.717) is 9.50 Å². The number of thiophene rings is 1. The van der Waals surface area contributed by atoms with Gasteiger partial charge in [0.05, 0.1) is 37.1 Å². The molecule has 1 fully saturated rings. The Morgan fingerprint density at radius 3 is 2.36 bits per heavy atom. The second kappa shape index (κ2) is 10.6. The largest absolute Gasteiger partial charge is 0.469 e. The maximum absolute atomic E-state index is 13.7. The number of esters is 2. The molecule has 0 atom stereocenters. The molecule has 4 rings (SSSR count). The molecule has 1 aliphatic rings. The average Bonchev–Trinajstić information content (AvgIpc) is 3.28. The van der Waals surface area contributed by atoms with E-state index in [0.717, 1.165) is 21.4 Å². The number of rotatable bonds is 7. The van der Waals surface area contributed by atoms with Gasteiger partial charge in [-0.15, -0.1) is 11.3 Å². The van der Waals surface area contributed by atoms with Crippen LogP contribution in [0.1, 0.15) is 12.8 Å². The van der Waals surface area contributed by atoms with Gasteiger partial charge in [-0.05, 0) is 39.5 Å². The molecule has 1 saturated heterocycles. The highest BCUT2D eigenvalue weighted by Gasteiger charge is 2.49. The first-order valence-corrected chi connectivity index (χ1v) is 14.1. The molecule has 10 nitrogen and oxygen atoms in total. The van der Waals surface area contributed by atoms with E-state index < -0.39 is 27.5 Å². The molecule has 1 aromatic carbocycles. The minimum absolute atomic E-state index is 0.0842. The minimum Gasteiger partial charge on any atom is -0.469 e. The maximum atomic E-state index is 13.7. The van der Waals surface area contributed by atoms with Crippen LogP contribution in [0.5, 0.6) is 0 Å². The SMILES string of the molecule is COC(=O)CC1(CC(=O)OC)CN(S(=O)(=O)c2cc3ccc(Cl)cc3s2)CCN1c1ncc(Br)cn1. The Balaban J connectivity index is 1.78.